The van der Waals surface area contributed by atoms with Gasteiger partial charge in [0.1, 0.15) is 0 Å². The lowest BCUT2D eigenvalue weighted by Crippen LogP contribution is -2.31. The zero-order chi connectivity index (χ0) is 18.1. The van der Waals surface area contributed by atoms with Crippen LogP contribution in [0.25, 0.3) is 0 Å². The third-order valence-electron chi connectivity index (χ3n) is 4.40. The molecule has 1 N–H and O–H groups in total. The van der Waals surface area contributed by atoms with Crippen molar-refractivity contribution in [2.75, 3.05) is 33.4 Å². The highest BCUT2D eigenvalue weighted by Crippen LogP contribution is 2.21. The number of sulfonamides is 1. The predicted molar refractivity (Wildman–Crippen MR) is 96.9 cm³/mol. The molecule has 0 radical (unpaired) electrons. The van der Waals surface area contributed by atoms with Crippen molar-refractivity contribution < 1.29 is 17.9 Å². The number of aryl methyl sites for hydroxylation is 1. The molecule has 1 saturated heterocycles. The maximum atomic E-state index is 12.7. The van der Waals surface area contributed by atoms with Crippen LogP contribution in [-0.4, -0.2) is 52.0 Å². The molecule has 0 saturated carbocycles. The highest BCUT2D eigenvalue weighted by Gasteiger charge is 2.24. The van der Waals surface area contributed by atoms with Crippen LogP contribution in [0.2, 0.25) is 0 Å². The molecule has 1 aromatic rings. The van der Waals surface area contributed by atoms with Crippen LogP contribution >= 0.6 is 0 Å². The number of benzene rings is 1. The van der Waals surface area contributed by atoms with Gasteiger partial charge in [0.05, 0.1) is 11.5 Å². The number of rotatable bonds is 8. The number of hydrogen-bond acceptors (Lipinski definition) is 4. The number of nitrogens with one attached hydrogen (secondary N) is 1. The Morgan fingerprint density at radius 3 is 2.36 bits per heavy atom. The van der Waals surface area contributed by atoms with E-state index in [-0.39, 0.29) is 5.91 Å². The van der Waals surface area contributed by atoms with Crippen molar-refractivity contribution in [1.29, 1.82) is 0 Å². The minimum atomic E-state index is -3.41. The largest absolute Gasteiger partial charge is 0.383 e. The molecule has 1 aliphatic rings. The van der Waals surface area contributed by atoms with Crippen LogP contribution in [0.15, 0.2) is 29.2 Å². The number of carbonyl (C=O) groups excluding carboxylic acids is 1. The molecule has 0 aliphatic carbocycles. The lowest BCUT2D eigenvalue weighted by molar-refractivity contribution is -0.121. The third-order valence-corrected chi connectivity index (χ3v) is 6.31. The Kier molecular flexibility index (Phi) is 7.87. The first-order valence-corrected chi connectivity index (χ1v) is 10.3. The van der Waals surface area contributed by atoms with Crippen LogP contribution in [0.4, 0.5) is 0 Å². The summed E-state index contributed by atoms with van der Waals surface area (Å²) >= 11 is 0. The van der Waals surface area contributed by atoms with E-state index in [9.17, 15) is 13.2 Å². The molecule has 2 rings (SSSR count). The van der Waals surface area contributed by atoms with Crippen LogP contribution in [0, 0.1) is 0 Å². The average molecular weight is 368 g/mol. The second-order valence-electron chi connectivity index (χ2n) is 6.31. The maximum Gasteiger partial charge on any atom is 0.243 e. The van der Waals surface area contributed by atoms with Gasteiger partial charge in [0, 0.05) is 33.2 Å². The van der Waals surface area contributed by atoms with Crippen LogP contribution < -0.4 is 5.32 Å². The molecule has 0 atom stereocenters. The van der Waals surface area contributed by atoms with Crippen molar-refractivity contribution >= 4 is 15.9 Å². The van der Waals surface area contributed by atoms with Gasteiger partial charge in [-0.1, -0.05) is 25.0 Å². The molecule has 7 heteroatoms. The molecule has 1 aromatic carbocycles. The summed E-state index contributed by atoms with van der Waals surface area (Å²) in [5, 5.41) is 2.77. The highest BCUT2D eigenvalue weighted by molar-refractivity contribution is 7.89. The van der Waals surface area contributed by atoms with Gasteiger partial charge in [-0.2, -0.15) is 4.31 Å². The Balaban J connectivity index is 1.91. The third kappa shape index (κ3) is 6.09. The van der Waals surface area contributed by atoms with Gasteiger partial charge in [0.2, 0.25) is 15.9 Å². The molecular formula is C18H28N2O4S. The zero-order valence-electron chi connectivity index (χ0n) is 14.9. The summed E-state index contributed by atoms with van der Waals surface area (Å²) in [6.07, 6.45) is 5.00. The Hall–Kier alpha value is -1.44. The smallest absolute Gasteiger partial charge is 0.243 e. The first-order chi connectivity index (χ1) is 12.0. The number of carbonyl (C=O) groups is 1. The number of hydrogen-bond donors (Lipinski definition) is 1. The first kappa shape index (κ1) is 19.9. The highest BCUT2D eigenvalue weighted by atomic mass is 32.2. The fraction of sp³-hybridized carbons (Fsp3) is 0.611. The van der Waals surface area contributed by atoms with Crippen molar-refractivity contribution in [2.45, 2.75) is 43.4 Å². The van der Waals surface area contributed by atoms with Crippen molar-refractivity contribution in [3.63, 3.8) is 0 Å². The minimum absolute atomic E-state index is 0.0293. The molecule has 140 valence electrons. The molecule has 0 spiro atoms. The lowest BCUT2D eigenvalue weighted by atomic mass is 10.1. The SMILES string of the molecule is COCCNC(=O)CCc1ccc(S(=O)(=O)N2CCCCCC2)cc1. The van der Waals surface area contributed by atoms with E-state index in [1.165, 1.54) is 0 Å². The average Bonchev–Trinajstić information content (AvgIpc) is 2.90. The Bertz CT molecular complexity index is 636. The molecule has 0 unspecified atom stereocenters. The van der Waals surface area contributed by atoms with Gasteiger partial charge in [0.25, 0.3) is 0 Å². The van der Waals surface area contributed by atoms with E-state index in [0.717, 1.165) is 31.2 Å². The topological polar surface area (TPSA) is 75.7 Å². The summed E-state index contributed by atoms with van der Waals surface area (Å²) in [7, 11) is -1.82. The number of amides is 1. The molecule has 0 bridgehead atoms. The molecule has 1 fully saturated rings. The molecule has 1 aliphatic heterocycles. The lowest BCUT2D eigenvalue weighted by Gasteiger charge is -2.20. The summed E-state index contributed by atoms with van der Waals surface area (Å²) in [4.78, 5) is 12.0. The molecule has 1 amide bonds. The summed E-state index contributed by atoms with van der Waals surface area (Å²) in [5.74, 6) is -0.0293. The van der Waals surface area contributed by atoms with Gasteiger partial charge in [-0.05, 0) is 37.0 Å². The van der Waals surface area contributed by atoms with Gasteiger partial charge < -0.3 is 10.1 Å². The molecular weight excluding hydrogens is 340 g/mol. The van der Waals surface area contributed by atoms with E-state index in [2.05, 4.69) is 5.32 Å². The van der Waals surface area contributed by atoms with Crippen LogP contribution in [0.1, 0.15) is 37.7 Å². The van der Waals surface area contributed by atoms with E-state index < -0.39 is 10.0 Å². The first-order valence-electron chi connectivity index (χ1n) is 8.89. The van der Waals surface area contributed by atoms with E-state index in [4.69, 9.17) is 4.74 Å². The molecule has 25 heavy (non-hydrogen) atoms. The Morgan fingerprint density at radius 2 is 1.76 bits per heavy atom. The number of nitrogens with zero attached hydrogens (tertiary/aromatic N) is 1. The van der Waals surface area contributed by atoms with E-state index in [1.54, 1.807) is 35.7 Å². The second-order valence-corrected chi connectivity index (χ2v) is 8.24. The van der Waals surface area contributed by atoms with Crippen LogP contribution in [0.5, 0.6) is 0 Å². The summed E-state index contributed by atoms with van der Waals surface area (Å²) in [6.45, 7) is 2.20. The summed E-state index contributed by atoms with van der Waals surface area (Å²) in [6, 6.07) is 6.90. The van der Waals surface area contributed by atoms with E-state index in [0.29, 0.717) is 44.0 Å². The van der Waals surface area contributed by atoms with Gasteiger partial charge in [-0.3, -0.25) is 4.79 Å². The maximum absolute atomic E-state index is 12.7. The van der Waals surface area contributed by atoms with Crippen molar-refractivity contribution in [3.05, 3.63) is 29.8 Å². The number of methoxy groups -OCH3 is 1. The predicted octanol–water partition coefficient (Wildman–Crippen LogP) is 1.95. The van der Waals surface area contributed by atoms with Crippen molar-refractivity contribution in [2.24, 2.45) is 0 Å². The summed E-state index contributed by atoms with van der Waals surface area (Å²) < 4.78 is 31.9. The van der Waals surface area contributed by atoms with Crippen molar-refractivity contribution in [3.8, 4) is 0 Å². The normalized spacial score (nSPS) is 16.4. The second kappa shape index (κ2) is 9.89. The van der Waals surface area contributed by atoms with Gasteiger partial charge in [-0.15, -0.1) is 0 Å². The molecule has 1 heterocycles. The Morgan fingerprint density at radius 1 is 1.12 bits per heavy atom. The van der Waals surface area contributed by atoms with Gasteiger partial charge in [0.15, 0.2) is 0 Å². The van der Waals surface area contributed by atoms with Gasteiger partial charge >= 0.3 is 0 Å². The zero-order valence-corrected chi connectivity index (χ0v) is 15.7. The van der Waals surface area contributed by atoms with E-state index in [1.807, 2.05) is 0 Å². The fourth-order valence-electron chi connectivity index (χ4n) is 2.90. The molecule has 6 nitrogen and oxygen atoms in total. The van der Waals surface area contributed by atoms with Gasteiger partial charge in [-0.25, -0.2) is 8.42 Å². The van der Waals surface area contributed by atoms with E-state index >= 15 is 0 Å². The Labute approximate surface area is 150 Å². The summed E-state index contributed by atoms with van der Waals surface area (Å²) in [5.41, 5.74) is 0.955. The quantitative estimate of drug-likeness (QED) is 0.712. The molecule has 0 aromatic heterocycles. The standard InChI is InChI=1S/C18H28N2O4S/c1-24-15-12-19-18(21)11-8-16-6-9-17(10-7-16)25(22,23)20-13-4-2-3-5-14-20/h6-7,9-10H,2-5,8,11-15H2,1H3,(H,19,21). The van der Waals surface area contributed by atoms with Crippen LogP contribution in [0.3, 0.4) is 0 Å². The minimum Gasteiger partial charge on any atom is -0.383 e. The number of ether oxygens (including phenoxy) is 1. The van der Waals surface area contributed by atoms with Crippen LogP contribution in [-0.2, 0) is 26.0 Å². The monoisotopic (exact) mass is 368 g/mol. The van der Waals surface area contributed by atoms with Crippen molar-refractivity contribution in [1.82, 2.24) is 9.62 Å². The fourth-order valence-corrected chi connectivity index (χ4v) is 4.42.